The van der Waals surface area contributed by atoms with E-state index in [1.165, 1.54) is 0 Å². The van der Waals surface area contributed by atoms with Gasteiger partial charge in [0, 0.05) is 13.1 Å². The van der Waals surface area contributed by atoms with Crippen LogP contribution >= 0.6 is 0 Å². The maximum absolute atomic E-state index is 5.82. The highest BCUT2D eigenvalue weighted by Crippen LogP contribution is 2.35. The van der Waals surface area contributed by atoms with Gasteiger partial charge in [0.1, 0.15) is 5.60 Å². The molecule has 94 valence electrons. The minimum absolute atomic E-state index is 0.268. The van der Waals surface area contributed by atoms with Crippen molar-refractivity contribution in [2.45, 2.75) is 45.3 Å². The lowest BCUT2D eigenvalue weighted by Gasteiger charge is -2.22. The third-order valence-corrected chi connectivity index (χ3v) is 2.33. The fourth-order valence-electron chi connectivity index (χ4n) is 1.39. The number of aromatic nitrogens is 1. The Morgan fingerprint density at radius 1 is 1.35 bits per heavy atom. The van der Waals surface area contributed by atoms with Gasteiger partial charge in [0.2, 0.25) is 0 Å². The summed E-state index contributed by atoms with van der Waals surface area (Å²) < 4.78 is 11.6. The van der Waals surface area contributed by atoms with E-state index in [9.17, 15) is 0 Å². The van der Waals surface area contributed by atoms with Crippen LogP contribution in [-0.2, 0) is 0 Å². The Hall–Kier alpha value is -1.45. The summed E-state index contributed by atoms with van der Waals surface area (Å²) in [6.07, 6.45) is 4.34. The zero-order chi connectivity index (χ0) is 12.5. The lowest BCUT2D eigenvalue weighted by Crippen LogP contribution is -2.24. The van der Waals surface area contributed by atoms with Gasteiger partial charge in [0.05, 0.1) is 18.0 Å². The van der Waals surface area contributed by atoms with Crippen LogP contribution in [0.5, 0.6) is 11.6 Å². The zero-order valence-corrected chi connectivity index (χ0v) is 10.9. The van der Waals surface area contributed by atoms with Crippen LogP contribution in [-0.4, -0.2) is 23.7 Å². The minimum Gasteiger partial charge on any atom is -0.485 e. The van der Waals surface area contributed by atoms with Crippen molar-refractivity contribution in [3.05, 3.63) is 12.3 Å². The molecule has 0 saturated heterocycles. The van der Waals surface area contributed by atoms with Crippen LogP contribution in [0.25, 0.3) is 0 Å². The lowest BCUT2D eigenvalue weighted by molar-refractivity contribution is 0.115. The van der Waals surface area contributed by atoms with Crippen molar-refractivity contribution < 1.29 is 9.47 Å². The predicted molar refractivity (Wildman–Crippen MR) is 67.8 cm³/mol. The molecule has 1 heterocycles. The van der Waals surface area contributed by atoms with E-state index >= 15 is 0 Å². The van der Waals surface area contributed by atoms with E-state index < -0.39 is 0 Å². The maximum Gasteiger partial charge on any atom is 0.257 e. The molecule has 0 aliphatic heterocycles. The molecule has 0 amide bonds. The summed E-state index contributed by atoms with van der Waals surface area (Å²) in [5.74, 6) is 1.30. The van der Waals surface area contributed by atoms with Crippen molar-refractivity contribution in [3.8, 4) is 11.6 Å². The van der Waals surface area contributed by atoms with Crippen LogP contribution in [0.1, 0.15) is 33.6 Å². The van der Waals surface area contributed by atoms with Gasteiger partial charge in [-0.15, -0.1) is 0 Å². The molecule has 2 rings (SSSR count). The molecule has 1 saturated carbocycles. The van der Waals surface area contributed by atoms with Gasteiger partial charge in [0.15, 0.2) is 5.75 Å². The van der Waals surface area contributed by atoms with Crippen molar-refractivity contribution in [2.75, 3.05) is 12.4 Å². The number of hydrogen-bond acceptors (Lipinski definition) is 4. The number of ether oxygens (including phenoxy) is 2. The molecular weight excluding hydrogens is 216 g/mol. The topological polar surface area (TPSA) is 43.4 Å². The molecule has 0 aromatic carbocycles. The van der Waals surface area contributed by atoms with Crippen LogP contribution in [0, 0.1) is 0 Å². The standard InChI is InChI=1S/C13H20N2O2/c1-13(2,3)17-12-11(16-10-5-6-10)7-9(14-4)8-15-12/h7-8,10,14H,5-6H2,1-4H3. The van der Waals surface area contributed by atoms with Crippen molar-refractivity contribution in [3.63, 3.8) is 0 Å². The van der Waals surface area contributed by atoms with E-state index in [1.54, 1.807) is 6.20 Å². The quantitative estimate of drug-likeness (QED) is 0.873. The molecule has 0 bridgehead atoms. The first-order valence-corrected chi connectivity index (χ1v) is 6.01. The van der Waals surface area contributed by atoms with Crippen molar-refractivity contribution in [1.82, 2.24) is 4.98 Å². The van der Waals surface area contributed by atoms with E-state index in [2.05, 4.69) is 10.3 Å². The molecule has 1 aliphatic carbocycles. The molecule has 1 aromatic heterocycles. The van der Waals surface area contributed by atoms with Gasteiger partial charge in [-0.2, -0.15) is 0 Å². The first kappa shape index (κ1) is 12.0. The minimum atomic E-state index is -0.268. The Kier molecular flexibility index (Phi) is 3.13. The summed E-state index contributed by atoms with van der Waals surface area (Å²) in [4.78, 5) is 4.31. The Bertz CT molecular complexity index is 395. The molecule has 4 nitrogen and oxygen atoms in total. The largest absolute Gasteiger partial charge is 0.485 e. The van der Waals surface area contributed by atoms with Gasteiger partial charge in [-0.3, -0.25) is 0 Å². The van der Waals surface area contributed by atoms with Crippen LogP contribution in [0.2, 0.25) is 0 Å². The molecular formula is C13H20N2O2. The number of hydrogen-bond donors (Lipinski definition) is 1. The highest BCUT2D eigenvalue weighted by molar-refractivity contribution is 5.50. The Balaban J connectivity index is 2.22. The van der Waals surface area contributed by atoms with Gasteiger partial charge >= 0.3 is 0 Å². The maximum atomic E-state index is 5.82. The fraction of sp³-hybridized carbons (Fsp3) is 0.615. The highest BCUT2D eigenvalue weighted by atomic mass is 16.5. The zero-order valence-electron chi connectivity index (χ0n) is 10.9. The van der Waals surface area contributed by atoms with Crippen molar-refractivity contribution >= 4 is 5.69 Å². The highest BCUT2D eigenvalue weighted by Gasteiger charge is 2.26. The number of pyridine rings is 1. The molecule has 1 aliphatic rings. The second-order valence-corrected chi connectivity index (χ2v) is 5.31. The van der Waals surface area contributed by atoms with Gasteiger partial charge in [0.25, 0.3) is 5.88 Å². The molecule has 0 radical (unpaired) electrons. The molecule has 4 heteroatoms. The normalized spacial score (nSPS) is 15.5. The third-order valence-electron chi connectivity index (χ3n) is 2.33. The number of rotatable bonds is 4. The molecule has 1 aromatic rings. The lowest BCUT2D eigenvalue weighted by atomic mass is 10.2. The van der Waals surface area contributed by atoms with Crippen LogP contribution < -0.4 is 14.8 Å². The van der Waals surface area contributed by atoms with Crippen molar-refractivity contribution in [2.24, 2.45) is 0 Å². The second kappa shape index (κ2) is 4.43. The Labute approximate surface area is 102 Å². The average molecular weight is 236 g/mol. The first-order valence-electron chi connectivity index (χ1n) is 6.01. The van der Waals surface area contributed by atoms with Crippen LogP contribution in [0.15, 0.2) is 12.3 Å². The molecule has 1 N–H and O–H groups in total. The summed E-state index contributed by atoms with van der Waals surface area (Å²) in [6, 6.07) is 1.94. The van der Waals surface area contributed by atoms with E-state index in [4.69, 9.17) is 9.47 Å². The summed E-state index contributed by atoms with van der Waals surface area (Å²) in [5, 5.41) is 3.05. The van der Waals surface area contributed by atoms with E-state index in [0.717, 1.165) is 24.3 Å². The Morgan fingerprint density at radius 2 is 2.06 bits per heavy atom. The number of nitrogens with one attached hydrogen (secondary N) is 1. The average Bonchev–Trinajstić information content (AvgIpc) is 3.02. The van der Waals surface area contributed by atoms with E-state index in [0.29, 0.717) is 12.0 Å². The van der Waals surface area contributed by atoms with Gasteiger partial charge < -0.3 is 14.8 Å². The SMILES string of the molecule is CNc1cnc(OC(C)(C)C)c(OC2CC2)c1. The molecule has 0 atom stereocenters. The van der Waals surface area contributed by atoms with Gasteiger partial charge in [-0.05, 0) is 33.6 Å². The summed E-state index contributed by atoms with van der Waals surface area (Å²) in [7, 11) is 1.86. The van der Waals surface area contributed by atoms with Gasteiger partial charge in [-0.25, -0.2) is 4.98 Å². The molecule has 17 heavy (non-hydrogen) atoms. The van der Waals surface area contributed by atoms with E-state index in [1.807, 2.05) is 33.9 Å². The van der Waals surface area contributed by atoms with Crippen molar-refractivity contribution in [1.29, 1.82) is 0 Å². The van der Waals surface area contributed by atoms with Gasteiger partial charge in [-0.1, -0.05) is 0 Å². The molecule has 0 unspecified atom stereocenters. The first-order chi connectivity index (χ1) is 7.98. The molecule has 1 fully saturated rings. The third kappa shape index (κ3) is 3.51. The van der Waals surface area contributed by atoms with E-state index in [-0.39, 0.29) is 5.60 Å². The Morgan fingerprint density at radius 3 is 2.59 bits per heavy atom. The second-order valence-electron chi connectivity index (χ2n) is 5.31. The summed E-state index contributed by atoms with van der Waals surface area (Å²) in [6.45, 7) is 6.00. The summed E-state index contributed by atoms with van der Waals surface area (Å²) >= 11 is 0. The monoisotopic (exact) mass is 236 g/mol. The number of nitrogens with zero attached hydrogens (tertiary/aromatic N) is 1. The number of anilines is 1. The van der Waals surface area contributed by atoms with Crippen LogP contribution in [0.4, 0.5) is 5.69 Å². The summed E-state index contributed by atoms with van der Waals surface area (Å²) in [5.41, 5.74) is 0.664. The predicted octanol–water partition coefficient (Wildman–Crippen LogP) is 2.84. The fourth-order valence-corrected chi connectivity index (χ4v) is 1.39. The molecule has 0 spiro atoms. The van der Waals surface area contributed by atoms with Crippen LogP contribution in [0.3, 0.4) is 0 Å². The smallest absolute Gasteiger partial charge is 0.257 e.